The number of rotatable bonds is 11. The zero-order valence-electron chi connectivity index (χ0n) is 8.74. The Morgan fingerprint density at radius 1 is 0.714 bits per heavy atom. The molecule has 5 heteroatoms. The van der Waals surface area contributed by atoms with Gasteiger partial charge in [0, 0.05) is 26.4 Å². The van der Waals surface area contributed by atoms with Crippen LogP contribution < -0.4 is 11.6 Å². The van der Waals surface area contributed by atoms with E-state index in [1.54, 1.807) is 0 Å². The van der Waals surface area contributed by atoms with Crippen LogP contribution in [0.3, 0.4) is 0 Å². The van der Waals surface area contributed by atoms with Crippen LogP contribution in [0, 0.1) is 0 Å². The molecule has 0 saturated carbocycles. The first-order valence-corrected chi connectivity index (χ1v) is 5.09. The predicted molar refractivity (Wildman–Crippen MR) is 54.7 cm³/mol. The van der Waals surface area contributed by atoms with E-state index in [1.807, 2.05) is 0 Å². The summed E-state index contributed by atoms with van der Waals surface area (Å²) in [5.74, 6) is 4.85. The number of nitrogens with two attached hydrogens (primary N) is 2. The highest BCUT2D eigenvalue weighted by atomic mass is 16.6. The number of hydrogen-bond donors (Lipinski definition) is 2. The molecule has 0 atom stereocenters. The largest absolute Gasteiger partial charge is 0.381 e. The highest BCUT2D eigenvalue weighted by Crippen LogP contribution is 1.88. The molecule has 0 aromatic heterocycles. The van der Waals surface area contributed by atoms with Gasteiger partial charge in [0.2, 0.25) is 0 Å². The van der Waals surface area contributed by atoms with E-state index in [9.17, 15) is 0 Å². The molecule has 0 aliphatic carbocycles. The van der Waals surface area contributed by atoms with E-state index in [4.69, 9.17) is 21.1 Å². The zero-order chi connectivity index (χ0) is 10.5. The van der Waals surface area contributed by atoms with Crippen molar-refractivity contribution in [2.24, 2.45) is 11.6 Å². The summed E-state index contributed by atoms with van der Waals surface area (Å²) in [6, 6.07) is 0. The maximum absolute atomic E-state index is 5.31. The average Bonchev–Trinajstić information content (AvgIpc) is 2.21. The highest BCUT2D eigenvalue weighted by molar-refractivity contribution is 4.39. The lowest BCUT2D eigenvalue weighted by atomic mass is 10.4. The summed E-state index contributed by atoms with van der Waals surface area (Å²) >= 11 is 0. The van der Waals surface area contributed by atoms with Crippen LogP contribution in [0.15, 0.2) is 0 Å². The maximum Gasteiger partial charge on any atom is 0.0701 e. The van der Waals surface area contributed by atoms with E-state index < -0.39 is 0 Å². The molecule has 0 radical (unpaired) electrons. The van der Waals surface area contributed by atoms with Gasteiger partial charge in [-0.25, -0.2) is 5.90 Å². The summed E-state index contributed by atoms with van der Waals surface area (Å²) in [5.41, 5.74) is 5.31. The Bertz CT molecular complexity index is 92.1. The molecule has 5 nitrogen and oxygen atoms in total. The van der Waals surface area contributed by atoms with Crippen LogP contribution in [0.4, 0.5) is 0 Å². The van der Waals surface area contributed by atoms with Gasteiger partial charge < -0.3 is 20.0 Å². The Hall–Kier alpha value is -0.200. The molecule has 4 N–H and O–H groups in total. The third-order valence-electron chi connectivity index (χ3n) is 1.62. The van der Waals surface area contributed by atoms with Crippen molar-refractivity contribution in [3.05, 3.63) is 0 Å². The van der Waals surface area contributed by atoms with Crippen LogP contribution >= 0.6 is 0 Å². The molecular formula is C9H22N2O3. The molecular weight excluding hydrogens is 184 g/mol. The molecule has 0 rings (SSSR count). The Morgan fingerprint density at radius 3 is 1.71 bits per heavy atom. The second-order valence-electron chi connectivity index (χ2n) is 2.94. The Labute approximate surface area is 85.6 Å². The second-order valence-corrected chi connectivity index (χ2v) is 2.94. The molecule has 86 valence electrons. The molecule has 0 bridgehead atoms. The summed E-state index contributed by atoms with van der Waals surface area (Å²) < 4.78 is 10.6. The van der Waals surface area contributed by atoms with Crippen molar-refractivity contribution in [1.82, 2.24) is 0 Å². The monoisotopic (exact) mass is 206 g/mol. The minimum absolute atomic E-state index is 0.549. The molecule has 0 spiro atoms. The normalized spacial score (nSPS) is 10.7. The molecule has 0 unspecified atom stereocenters. The van der Waals surface area contributed by atoms with Crippen LogP contribution in [-0.4, -0.2) is 39.6 Å². The average molecular weight is 206 g/mol. The fourth-order valence-corrected chi connectivity index (χ4v) is 0.897. The van der Waals surface area contributed by atoms with Crippen molar-refractivity contribution in [2.45, 2.75) is 19.3 Å². The third kappa shape index (κ3) is 11.8. The molecule has 0 heterocycles. The van der Waals surface area contributed by atoms with Crippen molar-refractivity contribution in [2.75, 3.05) is 39.6 Å². The van der Waals surface area contributed by atoms with Crippen molar-refractivity contribution in [3.63, 3.8) is 0 Å². The van der Waals surface area contributed by atoms with Gasteiger partial charge >= 0.3 is 0 Å². The quantitative estimate of drug-likeness (QED) is 0.368. The lowest BCUT2D eigenvalue weighted by molar-refractivity contribution is 0.0633. The summed E-state index contributed by atoms with van der Waals surface area (Å²) in [5, 5.41) is 0. The minimum atomic E-state index is 0.549. The Balaban J connectivity index is 2.78. The summed E-state index contributed by atoms with van der Waals surface area (Å²) in [7, 11) is 0. The lowest BCUT2D eigenvalue weighted by Crippen LogP contribution is -2.08. The van der Waals surface area contributed by atoms with Crippen molar-refractivity contribution < 1.29 is 14.3 Å². The number of hydrogen-bond acceptors (Lipinski definition) is 5. The van der Waals surface area contributed by atoms with Gasteiger partial charge in [-0.2, -0.15) is 0 Å². The van der Waals surface area contributed by atoms with E-state index >= 15 is 0 Å². The minimum Gasteiger partial charge on any atom is -0.381 e. The van der Waals surface area contributed by atoms with Gasteiger partial charge in [0.1, 0.15) is 0 Å². The smallest absolute Gasteiger partial charge is 0.0701 e. The zero-order valence-corrected chi connectivity index (χ0v) is 8.74. The molecule has 0 saturated heterocycles. The van der Waals surface area contributed by atoms with Crippen molar-refractivity contribution in [3.8, 4) is 0 Å². The van der Waals surface area contributed by atoms with E-state index in [0.717, 1.165) is 39.1 Å². The Kier molecular flexibility index (Phi) is 12.6. The fourth-order valence-electron chi connectivity index (χ4n) is 0.897. The lowest BCUT2D eigenvalue weighted by Gasteiger charge is -2.04. The van der Waals surface area contributed by atoms with Crippen LogP contribution in [0.1, 0.15) is 19.3 Å². The molecule has 14 heavy (non-hydrogen) atoms. The summed E-state index contributed by atoms with van der Waals surface area (Å²) in [4.78, 5) is 4.40. The standard InChI is InChI=1S/C9H22N2O3/c10-4-1-5-12-6-2-7-13-8-3-9-14-11/h1-11H2. The van der Waals surface area contributed by atoms with E-state index in [-0.39, 0.29) is 0 Å². The SMILES string of the molecule is NCCCOCCCOCCCON. The molecule has 0 fully saturated rings. The topological polar surface area (TPSA) is 79.7 Å². The van der Waals surface area contributed by atoms with E-state index in [2.05, 4.69) is 4.84 Å². The third-order valence-corrected chi connectivity index (χ3v) is 1.62. The molecule has 0 aliphatic rings. The predicted octanol–water partition coefficient (Wildman–Crippen LogP) is 0.0389. The molecule has 0 aromatic carbocycles. The van der Waals surface area contributed by atoms with Crippen LogP contribution in [0.2, 0.25) is 0 Å². The summed E-state index contributed by atoms with van der Waals surface area (Å²) in [6.45, 7) is 4.15. The van der Waals surface area contributed by atoms with Crippen molar-refractivity contribution in [1.29, 1.82) is 0 Å². The van der Waals surface area contributed by atoms with Crippen LogP contribution in [0.5, 0.6) is 0 Å². The summed E-state index contributed by atoms with van der Waals surface area (Å²) in [6.07, 6.45) is 2.69. The first-order chi connectivity index (χ1) is 6.91. The molecule has 0 amide bonds. The molecule has 0 aromatic rings. The fraction of sp³-hybridized carbons (Fsp3) is 1.00. The van der Waals surface area contributed by atoms with Gasteiger partial charge in [-0.3, -0.25) is 0 Å². The van der Waals surface area contributed by atoms with Crippen LogP contribution in [0.25, 0.3) is 0 Å². The second kappa shape index (κ2) is 12.8. The molecule has 0 aliphatic heterocycles. The highest BCUT2D eigenvalue weighted by Gasteiger charge is 1.91. The van der Waals surface area contributed by atoms with E-state index in [1.165, 1.54) is 0 Å². The first kappa shape index (κ1) is 13.8. The van der Waals surface area contributed by atoms with E-state index in [0.29, 0.717) is 19.8 Å². The first-order valence-electron chi connectivity index (χ1n) is 5.09. The van der Waals surface area contributed by atoms with Gasteiger partial charge in [0.05, 0.1) is 6.61 Å². The van der Waals surface area contributed by atoms with Gasteiger partial charge in [-0.05, 0) is 25.8 Å². The van der Waals surface area contributed by atoms with Gasteiger partial charge in [0.25, 0.3) is 0 Å². The van der Waals surface area contributed by atoms with Crippen molar-refractivity contribution >= 4 is 0 Å². The Morgan fingerprint density at radius 2 is 1.21 bits per heavy atom. The number of ether oxygens (including phenoxy) is 2. The maximum atomic E-state index is 5.31. The van der Waals surface area contributed by atoms with Crippen LogP contribution in [-0.2, 0) is 14.3 Å². The van der Waals surface area contributed by atoms with Gasteiger partial charge in [0.15, 0.2) is 0 Å². The van der Waals surface area contributed by atoms with Gasteiger partial charge in [-0.1, -0.05) is 0 Å². The van der Waals surface area contributed by atoms with Gasteiger partial charge in [-0.15, -0.1) is 0 Å².